The van der Waals surface area contributed by atoms with Gasteiger partial charge in [0.25, 0.3) is 0 Å². The van der Waals surface area contributed by atoms with E-state index in [4.69, 9.17) is 13.9 Å². The Balaban J connectivity index is 1.68. The molecule has 0 radical (unpaired) electrons. The second-order valence-corrected chi connectivity index (χ2v) is 8.35. The molecule has 1 heterocycles. The molecule has 4 rings (SSSR count). The molecule has 0 spiro atoms. The third kappa shape index (κ3) is 4.91. The fourth-order valence-corrected chi connectivity index (χ4v) is 4.14. The summed E-state index contributed by atoms with van der Waals surface area (Å²) >= 11 is 1.63. The second kappa shape index (κ2) is 9.88. The van der Waals surface area contributed by atoms with Crippen molar-refractivity contribution >= 4 is 39.9 Å². The van der Waals surface area contributed by atoms with Crippen LogP contribution in [0.2, 0.25) is 0 Å². The van der Waals surface area contributed by atoms with E-state index in [9.17, 15) is 4.79 Å². The van der Waals surface area contributed by atoms with E-state index in [1.54, 1.807) is 38.3 Å². The smallest absolute Gasteiger partial charge is 0.248 e. The van der Waals surface area contributed by atoms with Crippen LogP contribution in [0.15, 0.2) is 82.3 Å². The van der Waals surface area contributed by atoms with Gasteiger partial charge >= 0.3 is 0 Å². The maximum absolute atomic E-state index is 12.7. The topological polar surface area (TPSA) is 60.7 Å². The van der Waals surface area contributed by atoms with Gasteiger partial charge in [0.1, 0.15) is 17.1 Å². The first kappa shape index (κ1) is 22.6. The van der Waals surface area contributed by atoms with Crippen molar-refractivity contribution in [1.29, 1.82) is 0 Å². The van der Waals surface area contributed by atoms with Crippen molar-refractivity contribution in [2.75, 3.05) is 25.8 Å². The van der Waals surface area contributed by atoms with Crippen molar-refractivity contribution in [1.82, 2.24) is 0 Å². The maximum Gasteiger partial charge on any atom is 0.248 e. The van der Waals surface area contributed by atoms with Gasteiger partial charge in [0.2, 0.25) is 5.91 Å². The molecule has 1 N–H and O–H groups in total. The number of amides is 1. The van der Waals surface area contributed by atoms with Crippen LogP contribution < -0.4 is 14.8 Å². The van der Waals surface area contributed by atoms with E-state index >= 15 is 0 Å². The molecule has 0 aliphatic rings. The Labute approximate surface area is 197 Å². The molecule has 168 valence electrons. The largest absolute Gasteiger partial charge is 0.497 e. The third-order valence-electron chi connectivity index (χ3n) is 5.41. The average molecular weight is 460 g/mol. The van der Waals surface area contributed by atoms with Crippen molar-refractivity contribution in [2.24, 2.45) is 0 Å². The molecular formula is C27H25NO4S. The van der Waals surface area contributed by atoms with Crippen LogP contribution in [-0.2, 0) is 4.79 Å². The van der Waals surface area contributed by atoms with Crippen LogP contribution >= 0.6 is 11.8 Å². The molecule has 0 saturated heterocycles. The molecule has 0 aliphatic heterocycles. The molecule has 0 saturated carbocycles. The Bertz CT molecular complexity index is 1320. The van der Waals surface area contributed by atoms with E-state index in [2.05, 4.69) is 5.32 Å². The van der Waals surface area contributed by atoms with Gasteiger partial charge in [-0.25, -0.2) is 0 Å². The van der Waals surface area contributed by atoms with Crippen LogP contribution in [0.1, 0.15) is 12.5 Å². The fourth-order valence-electron chi connectivity index (χ4n) is 3.68. The molecule has 6 heteroatoms. The summed E-state index contributed by atoms with van der Waals surface area (Å²) in [5, 5.41) is 3.88. The van der Waals surface area contributed by atoms with Crippen LogP contribution in [0.25, 0.3) is 27.7 Å². The molecule has 0 atom stereocenters. The molecule has 4 aromatic rings. The summed E-state index contributed by atoms with van der Waals surface area (Å²) in [4.78, 5) is 13.8. The number of nitrogens with one attached hydrogen (secondary N) is 1. The number of anilines is 1. The summed E-state index contributed by atoms with van der Waals surface area (Å²) in [5.41, 5.74) is 5.06. The highest BCUT2D eigenvalue weighted by molar-refractivity contribution is 7.98. The normalized spacial score (nSPS) is 11.5. The number of rotatable bonds is 7. The Morgan fingerprint density at radius 1 is 1.03 bits per heavy atom. The van der Waals surface area contributed by atoms with Gasteiger partial charge < -0.3 is 19.2 Å². The van der Waals surface area contributed by atoms with Gasteiger partial charge in [-0.05, 0) is 60.7 Å². The van der Waals surface area contributed by atoms with Crippen LogP contribution in [0, 0.1) is 0 Å². The molecule has 0 aliphatic carbocycles. The lowest BCUT2D eigenvalue weighted by atomic mass is 9.99. The summed E-state index contributed by atoms with van der Waals surface area (Å²) in [5.74, 6) is 1.24. The van der Waals surface area contributed by atoms with Crippen LogP contribution in [0.4, 0.5) is 5.69 Å². The van der Waals surface area contributed by atoms with E-state index in [1.807, 2.05) is 73.8 Å². The van der Waals surface area contributed by atoms with E-state index in [0.717, 1.165) is 44.0 Å². The SMILES string of the molecule is COc1ccc(-c2coc3cc(OC)c(/C(C)=C/C(=O)Nc4cccc(SC)c4)cc23)cc1. The Morgan fingerprint density at radius 3 is 2.52 bits per heavy atom. The summed E-state index contributed by atoms with van der Waals surface area (Å²) in [6.45, 7) is 1.90. The quantitative estimate of drug-likeness (QED) is 0.241. The number of thioether (sulfide) groups is 1. The molecule has 0 fully saturated rings. The number of allylic oxidation sites excluding steroid dienone is 1. The van der Waals surface area contributed by atoms with Crippen molar-refractivity contribution < 1.29 is 18.7 Å². The Hall–Kier alpha value is -3.64. The number of methoxy groups -OCH3 is 2. The van der Waals surface area contributed by atoms with Crippen molar-refractivity contribution in [3.63, 3.8) is 0 Å². The highest BCUT2D eigenvalue weighted by Crippen LogP contribution is 2.37. The number of ether oxygens (including phenoxy) is 2. The summed E-state index contributed by atoms with van der Waals surface area (Å²) in [6, 6.07) is 19.4. The zero-order chi connectivity index (χ0) is 23.4. The molecule has 5 nitrogen and oxygen atoms in total. The molecule has 1 amide bonds. The number of furan rings is 1. The summed E-state index contributed by atoms with van der Waals surface area (Å²) in [7, 11) is 3.25. The first-order valence-electron chi connectivity index (χ1n) is 10.4. The standard InChI is InChI=1S/C27H25NO4S/c1-17(12-27(29)28-19-6-5-7-21(13-19)33-4)22-14-23-24(16-32-26(23)15-25(22)31-3)18-8-10-20(30-2)11-9-18/h5-16H,1-4H3,(H,28,29)/b17-12+. The van der Waals surface area contributed by atoms with Crippen molar-refractivity contribution in [3.05, 3.63) is 78.6 Å². The molecule has 33 heavy (non-hydrogen) atoms. The first-order chi connectivity index (χ1) is 16.0. The maximum atomic E-state index is 12.7. The number of hydrogen-bond acceptors (Lipinski definition) is 5. The van der Waals surface area contributed by atoms with Gasteiger partial charge in [0, 0.05) is 39.2 Å². The predicted octanol–water partition coefficient (Wildman–Crippen LogP) is 6.88. The molecular weight excluding hydrogens is 434 g/mol. The number of carbonyl (C=O) groups is 1. The lowest BCUT2D eigenvalue weighted by molar-refractivity contribution is -0.111. The second-order valence-electron chi connectivity index (χ2n) is 7.48. The first-order valence-corrected chi connectivity index (χ1v) is 11.6. The molecule has 0 unspecified atom stereocenters. The number of benzene rings is 3. The van der Waals surface area contributed by atoms with Crippen molar-refractivity contribution in [2.45, 2.75) is 11.8 Å². The summed E-state index contributed by atoms with van der Waals surface area (Å²) in [6.07, 6.45) is 5.33. The lowest BCUT2D eigenvalue weighted by Gasteiger charge is -2.10. The van der Waals surface area contributed by atoms with E-state index < -0.39 is 0 Å². The predicted molar refractivity (Wildman–Crippen MR) is 135 cm³/mol. The van der Waals surface area contributed by atoms with E-state index in [0.29, 0.717) is 11.3 Å². The van der Waals surface area contributed by atoms with Crippen LogP contribution in [0.5, 0.6) is 11.5 Å². The van der Waals surface area contributed by atoms with Gasteiger partial charge in [-0.3, -0.25) is 4.79 Å². The fraction of sp³-hybridized carbons (Fsp3) is 0.148. The zero-order valence-electron chi connectivity index (χ0n) is 19.0. The monoisotopic (exact) mass is 459 g/mol. The van der Waals surface area contributed by atoms with Gasteiger partial charge in [-0.15, -0.1) is 11.8 Å². The Kier molecular flexibility index (Phi) is 6.75. The van der Waals surface area contributed by atoms with E-state index in [1.165, 1.54) is 0 Å². The number of fused-ring (bicyclic) bond motifs is 1. The van der Waals surface area contributed by atoms with Crippen LogP contribution in [-0.4, -0.2) is 26.4 Å². The number of carbonyl (C=O) groups excluding carboxylic acids is 1. The third-order valence-corrected chi connectivity index (χ3v) is 6.13. The van der Waals surface area contributed by atoms with E-state index in [-0.39, 0.29) is 5.91 Å². The summed E-state index contributed by atoms with van der Waals surface area (Å²) < 4.78 is 16.7. The van der Waals surface area contributed by atoms with Gasteiger partial charge in [-0.1, -0.05) is 18.2 Å². The van der Waals surface area contributed by atoms with Gasteiger partial charge in [0.15, 0.2) is 0 Å². The lowest BCUT2D eigenvalue weighted by Crippen LogP contribution is -2.08. The highest BCUT2D eigenvalue weighted by Gasteiger charge is 2.15. The average Bonchev–Trinajstić information content (AvgIpc) is 3.26. The minimum Gasteiger partial charge on any atom is -0.497 e. The minimum absolute atomic E-state index is 0.199. The Morgan fingerprint density at radius 2 is 1.82 bits per heavy atom. The highest BCUT2D eigenvalue weighted by atomic mass is 32.2. The van der Waals surface area contributed by atoms with Crippen LogP contribution in [0.3, 0.4) is 0 Å². The minimum atomic E-state index is -0.199. The molecule has 0 bridgehead atoms. The number of hydrogen-bond donors (Lipinski definition) is 1. The molecule has 1 aromatic heterocycles. The van der Waals surface area contributed by atoms with Gasteiger partial charge in [-0.2, -0.15) is 0 Å². The van der Waals surface area contributed by atoms with Crippen molar-refractivity contribution in [3.8, 4) is 22.6 Å². The zero-order valence-corrected chi connectivity index (χ0v) is 19.8. The molecule has 3 aromatic carbocycles. The van der Waals surface area contributed by atoms with Gasteiger partial charge in [0.05, 0.1) is 20.5 Å².